The van der Waals surface area contributed by atoms with Gasteiger partial charge < -0.3 is 10.3 Å². The minimum absolute atomic E-state index is 0.450. The third kappa shape index (κ3) is 2.74. The van der Waals surface area contributed by atoms with Crippen molar-refractivity contribution in [3.8, 4) is 0 Å². The molecule has 2 aromatic rings. The van der Waals surface area contributed by atoms with E-state index in [0.717, 1.165) is 24.4 Å². The van der Waals surface area contributed by atoms with E-state index >= 15 is 0 Å². The highest BCUT2D eigenvalue weighted by Gasteiger charge is 2.05. The van der Waals surface area contributed by atoms with E-state index in [-0.39, 0.29) is 0 Å². The fourth-order valence-corrected chi connectivity index (χ4v) is 1.68. The van der Waals surface area contributed by atoms with E-state index in [9.17, 15) is 0 Å². The van der Waals surface area contributed by atoms with E-state index < -0.39 is 0 Å². The smallest absolute Gasteiger partial charge is 0.0953 e. The lowest BCUT2D eigenvalue weighted by molar-refractivity contribution is 0.472. The van der Waals surface area contributed by atoms with Gasteiger partial charge in [0.1, 0.15) is 0 Å². The lowest BCUT2D eigenvalue weighted by Gasteiger charge is -2.08. The van der Waals surface area contributed by atoms with Crippen LogP contribution in [0.2, 0.25) is 0 Å². The first kappa shape index (κ1) is 11.9. The summed E-state index contributed by atoms with van der Waals surface area (Å²) in [5, 5.41) is 4.55. The highest BCUT2D eigenvalue weighted by atomic mass is 15.3. The summed E-state index contributed by atoms with van der Waals surface area (Å²) in [5.74, 6) is 0. The Morgan fingerprint density at radius 1 is 1.41 bits per heavy atom. The van der Waals surface area contributed by atoms with Crippen molar-refractivity contribution < 1.29 is 0 Å². The van der Waals surface area contributed by atoms with Gasteiger partial charge in [-0.3, -0.25) is 4.68 Å². The van der Waals surface area contributed by atoms with Gasteiger partial charge in [0.15, 0.2) is 0 Å². The molecule has 0 spiro atoms. The monoisotopic (exact) mass is 233 g/mol. The van der Waals surface area contributed by atoms with Crippen LogP contribution in [0.15, 0.2) is 24.8 Å². The summed E-state index contributed by atoms with van der Waals surface area (Å²) < 4.78 is 4.02. The summed E-state index contributed by atoms with van der Waals surface area (Å²) in [5.41, 5.74) is 7.48. The first-order valence-electron chi connectivity index (χ1n) is 5.97. The van der Waals surface area contributed by atoms with E-state index in [1.54, 1.807) is 6.33 Å². The van der Waals surface area contributed by atoms with Gasteiger partial charge in [0, 0.05) is 25.0 Å². The fourth-order valence-electron chi connectivity index (χ4n) is 1.68. The quantitative estimate of drug-likeness (QED) is 0.852. The molecule has 92 valence electrons. The molecule has 0 saturated carbocycles. The molecule has 0 aromatic carbocycles. The van der Waals surface area contributed by atoms with Crippen LogP contribution in [0.3, 0.4) is 0 Å². The Balaban J connectivity index is 2.06. The third-order valence-corrected chi connectivity index (χ3v) is 2.95. The summed E-state index contributed by atoms with van der Waals surface area (Å²) in [6.07, 6.45) is 6.88. The molecule has 0 saturated heterocycles. The molecule has 0 aliphatic carbocycles. The molecule has 1 atom stereocenters. The molecular weight excluding hydrogens is 214 g/mol. The number of nitrogens with two attached hydrogens (primary N) is 1. The van der Waals surface area contributed by atoms with Gasteiger partial charge in [0.2, 0.25) is 0 Å². The maximum absolute atomic E-state index is 5.52. The molecule has 0 fully saturated rings. The van der Waals surface area contributed by atoms with Crippen molar-refractivity contribution in [1.29, 1.82) is 0 Å². The van der Waals surface area contributed by atoms with Crippen molar-refractivity contribution in [2.24, 2.45) is 5.73 Å². The second kappa shape index (κ2) is 5.14. The second-order valence-corrected chi connectivity index (χ2v) is 4.29. The third-order valence-electron chi connectivity index (χ3n) is 2.95. The normalized spacial score (nSPS) is 12.9. The molecule has 0 bridgehead atoms. The number of hydrogen-bond donors (Lipinski definition) is 1. The predicted molar refractivity (Wildman–Crippen MR) is 66.4 cm³/mol. The predicted octanol–water partition coefficient (Wildman–Crippen LogP) is 1.56. The van der Waals surface area contributed by atoms with E-state index in [0.29, 0.717) is 12.6 Å². The SMILES string of the molecule is CCC(C)n1ccc(Cn2cnc(CN)c2)n1. The Kier molecular flexibility index (Phi) is 3.58. The Morgan fingerprint density at radius 3 is 2.88 bits per heavy atom. The van der Waals surface area contributed by atoms with Crippen LogP contribution < -0.4 is 5.73 Å². The molecule has 0 aliphatic rings. The fraction of sp³-hybridized carbons (Fsp3) is 0.500. The van der Waals surface area contributed by atoms with E-state index in [2.05, 4.69) is 23.9 Å². The van der Waals surface area contributed by atoms with Gasteiger partial charge in [0.05, 0.1) is 24.3 Å². The average Bonchev–Trinajstić information content (AvgIpc) is 2.97. The maximum Gasteiger partial charge on any atom is 0.0953 e. The molecule has 0 radical (unpaired) electrons. The van der Waals surface area contributed by atoms with Crippen molar-refractivity contribution >= 4 is 0 Å². The van der Waals surface area contributed by atoms with Crippen LogP contribution in [-0.2, 0) is 13.1 Å². The molecule has 2 N–H and O–H groups in total. The highest BCUT2D eigenvalue weighted by molar-refractivity contribution is 5.03. The Labute approximate surface area is 101 Å². The van der Waals surface area contributed by atoms with Crippen LogP contribution in [0.5, 0.6) is 0 Å². The first-order chi connectivity index (χ1) is 8.22. The summed E-state index contributed by atoms with van der Waals surface area (Å²) in [4.78, 5) is 4.19. The average molecular weight is 233 g/mol. The Hall–Kier alpha value is -1.62. The molecule has 1 unspecified atom stereocenters. The zero-order valence-electron chi connectivity index (χ0n) is 10.4. The summed E-state index contributed by atoms with van der Waals surface area (Å²) >= 11 is 0. The van der Waals surface area contributed by atoms with Gasteiger partial charge in [-0.15, -0.1) is 0 Å². The van der Waals surface area contributed by atoms with Crippen LogP contribution in [0, 0.1) is 0 Å². The summed E-state index contributed by atoms with van der Waals surface area (Å²) in [6, 6.07) is 2.50. The molecule has 0 aliphatic heterocycles. The van der Waals surface area contributed by atoms with Crippen molar-refractivity contribution in [2.45, 2.75) is 39.4 Å². The maximum atomic E-state index is 5.52. The van der Waals surface area contributed by atoms with Gasteiger partial charge in [-0.05, 0) is 19.4 Å². The first-order valence-corrected chi connectivity index (χ1v) is 5.97. The van der Waals surface area contributed by atoms with Crippen LogP contribution >= 0.6 is 0 Å². The molecule has 0 amide bonds. The molecule has 5 heteroatoms. The van der Waals surface area contributed by atoms with Crippen molar-refractivity contribution in [1.82, 2.24) is 19.3 Å². The zero-order chi connectivity index (χ0) is 12.3. The topological polar surface area (TPSA) is 61.7 Å². The second-order valence-electron chi connectivity index (χ2n) is 4.29. The van der Waals surface area contributed by atoms with Gasteiger partial charge in [-0.2, -0.15) is 5.10 Å². The minimum Gasteiger partial charge on any atom is -0.331 e. The van der Waals surface area contributed by atoms with Gasteiger partial charge in [0.25, 0.3) is 0 Å². The summed E-state index contributed by atoms with van der Waals surface area (Å²) in [7, 11) is 0. The van der Waals surface area contributed by atoms with Crippen molar-refractivity contribution in [3.05, 3.63) is 36.2 Å². The standard InChI is InChI=1S/C12H19N5/c1-3-10(2)17-5-4-11(15-17)7-16-8-12(6-13)14-9-16/h4-5,8-10H,3,6-7,13H2,1-2H3. The van der Waals surface area contributed by atoms with E-state index in [4.69, 9.17) is 5.73 Å². The zero-order valence-corrected chi connectivity index (χ0v) is 10.4. The van der Waals surface area contributed by atoms with Gasteiger partial charge >= 0.3 is 0 Å². The van der Waals surface area contributed by atoms with Crippen LogP contribution in [0.4, 0.5) is 0 Å². The Bertz CT molecular complexity index is 471. The molecule has 2 rings (SSSR count). The van der Waals surface area contributed by atoms with Gasteiger partial charge in [-0.1, -0.05) is 6.92 Å². The molecule has 2 aromatic heterocycles. The van der Waals surface area contributed by atoms with Crippen LogP contribution in [-0.4, -0.2) is 19.3 Å². The van der Waals surface area contributed by atoms with Crippen LogP contribution in [0.25, 0.3) is 0 Å². The van der Waals surface area contributed by atoms with Crippen LogP contribution in [0.1, 0.15) is 37.7 Å². The highest BCUT2D eigenvalue weighted by Crippen LogP contribution is 2.10. The van der Waals surface area contributed by atoms with Crippen molar-refractivity contribution in [2.75, 3.05) is 0 Å². The Morgan fingerprint density at radius 2 is 2.24 bits per heavy atom. The van der Waals surface area contributed by atoms with Gasteiger partial charge in [-0.25, -0.2) is 4.98 Å². The molecular formula is C12H19N5. The lowest BCUT2D eigenvalue weighted by atomic mass is 10.3. The number of imidazole rings is 1. The largest absolute Gasteiger partial charge is 0.331 e. The molecule has 17 heavy (non-hydrogen) atoms. The molecule has 2 heterocycles. The number of aromatic nitrogens is 4. The summed E-state index contributed by atoms with van der Waals surface area (Å²) in [6.45, 7) is 5.56. The van der Waals surface area contributed by atoms with Crippen molar-refractivity contribution in [3.63, 3.8) is 0 Å². The number of rotatable bonds is 5. The van der Waals surface area contributed by atoms with E-state index in [1.807, 2.05) is 27.7 Å². The minimum atomic E-state index is 0.450. The number of nitrogens with zero attached hydrogens (tertiary/aromatic N) is 4. The number of hydrogen-bond acceptors (Lipinski definition) is 3. The van der Waals surface area contributed by atoms with E-state index in [1.165, 1.54) is 0 Å². The molecule has 5 nitrogen and oxygen atoms in total. The lowest BCUT2D eigenvalue weighted by Crippen LogP contribution is -2.06.